The molecule has 0 radical (unpaired) electrons. The number of nitrogens with zero attached hydrogens (tertiary/aromatic N) is 4. The van der Waals surface area contributed by atoms with Crippen LogP contribution in [0.15, 0.2) is 36.4 Å². The highest BCUT2D eigenvalue weighted by Crippen LogP contribution is 2.05. The van der Waals surface area contributed by atoms with Crippen LogP contribution in [-0.2, 0) is 16.6 Å². The molecule has 7 nitrogen and oxygen atoms in total. The van der Waals surface area contributed by atoms with Gasteiger partial charge in [-0.15, -0.1) is 5.10 Å². The maximum absolute atomic E-state index is 12.2. The first-order chi connectivity index (χ1) is 12.0. The summed E-state index contributed by atoms with van der Waals surface area (Å²) >= 11 is 0. The van der Waals surface area contributed by atoms with Gasteiger partial charge in [0.25, 0.3) is 11.7 Å². The third kappa shape index (κ3) is 4.27. The van der Waals surface area contributed by atoms with E-state index >= 15 is 0 Å². The molecule has 1 unspecified atom stereocenters. The molecule has 0 spiro atoms. The van der Waals surface area contributed by atoms with Crippen molar-refractivity contribution in [2.24, 2.45) is 0 Å². The molecular weight excluding hydrogens is 338 g/mol. The summed E-state index contributed by atoms with van der Waals surface area (Å²) in [6.45, 7) is 4.05. The number of amides is 1. The fraction of sp³-hybridized carbons (Fsp3) is 0.294. The maximum atomic E-state index is 12.2. The van der Waals surface area contributed by atoms with Crippen molar-refractivity contribution in [3.05, 3.63) is 59.2 Å². The second kappa shape index (κ2) is 7.52. The van der Waals surface area contributed by atoms with E-state index in [2.05, 4.69) is 20.4 Å². The highest BCUT2D eigenvalue weighted by molar-refractivity contribution is 7.84. The molecule has 3 rings (SSSR count). The highest BCUT2D eigenvalue weighted by atomic mass is 32.2. The third-order valence-electron chi connectivity index (χ3n) is 3.61. The smallest absolute Gasteiger partial charge is 0.291 e. The van der Waals surface area contributed by atoms with Crippen molar-refractivity contribution >= 4 is 22.5 Å². The topological polar surface area (TPSA) is 89.3 Å². The zero-order chi connectivity index (χ0) is 17.8. The van der Waals surface area contributed by atoms with Crippen LogP contribution >= 0.6 is 0 Å². The van der Waals surface area contributed by atoms with E-state index in [9.17, 15) is 9.00 Å². The third-order valence-corrected chi connectivity index (χ3v) is 4.92. The van der Waals surface area contributed by atoms with Gasteiger partial charge in [-0.05, 0) is 25.5 Å². The Morgan fingerprint density at radius 2 is 1.96 bits per heavy atom. The van der Waals surface area contributed by atoms with E-state index < -0.39 is 10.8 Å². The molecule has 2 aromatic heterocycles. The van der Waals surface area contributed by atoms with Crippen molar-refractivity contribution in [3.63, 3.8) is 0 Å². The van der Waals surface area contributed by atoms with Crippen LogP contribution in [0.3, 0.4) is 0 Å². The molecule has 130 valence electrons. The molecule has 0 aliphatic heterocycles. The number of hydrogen-bond acceptors (Lipinski definition) is 5. The number of aromatic nitrogens is 4. The Balaban J connectivity index is 1.56. The van der Waals surface area contributed by atoms with E-state index in [1.165, 1.54) is 4.52 Å². The summed E-state index contributed by atoms with van der Waals surface area (Å²) in [4.78, 5) is 20.6. The van der Waals surface area contributed by atoms with E-state index in [0.717, 1.165) is 17.0 Å². The summed E-state index contributed by atoms with van der Waals surface area (Å²) in [5, 5.41) is 6.89. The van der Waals surface area contributed by atoms with Gasteiger partial charge in [0, 0.05) is 40.2 Å². The van der Waals surface area contributed by atoms with Crippen molar-refractivity contribution < 1.29 is 9.00 Å². The SMILES string of the molecule is Cc1cc(C)n2nc(C(=O)NCCS(=O)Cc3ccccc3)nc2n1. The molecular formula is C17H19N5O2S. The van der Waals surface area contributed by atoms with Crippen molar-refractivity contribution in [1.82, 2.24) is 24.9 Å². The molecule has 25 heavy (non-hydrogen) atoms. The Labute approximate surface area is 148 Å². The molecule has 1 N–H and O–H groups in total. The number of aryl methyl sites for hydroxylation is 2. The Morgan fingerprint density at radius 1 is 1.20 bits per heavy atom. The largest absolute Gasteiger partial charge is 0.348 e. The molecule has 0 aliphatic rings. The number of nitrogens with one attached hydrogen (secondary N) is 1. The van der Waals surface area contributed by atoms with E-state index in [0.29, 0.717) is 23.8 Å². The van der Waals surface area contributed by atoms with Gasteiger partial charge in [0.2, 0.25) is 5.82 Å². The molecule has 1 amide bonds. The first-order valence-electron chi connectivity index (χ1n) is 7.91. The predicted molar refractivity (Wildman–Crippen MR) is 95.7 cm³/mol. The number of benzene rings is 1. The first-order valence-corrected chi connectivity index (χ1v) is 9.40. The van der Waals surface area contributed by atoms with Gasteiger partial charge in [0.05, 0.1) is 0 Å². The second-order valence-corrected chi connectivity index (χ2v) is 7.29. The maximum Gasteiger partial charge on any atom is 0.291 e. The Hall–Kier alpha value is -2.61. The van der Waals surface area contributed by atoms with Gasteiger partial charge in [0.1, 0.15) is 0 Å². The van der Waals surface area contributed by atoms with Crippen LogP contribution in [0.25, 0.3) is 5.78 Å². The number of hydrogen-bond donors (Lipinski definition) is 1. The molecule has 1 atom stereocenters. The summed E-state index contributed by atoms with van der Waals surface area (Å²) < 4.78 is 13.6. The quantitative estimate of drug-likeness (QED) is 0.721. The lowest BCUT2D eigenvalue weighted by atomic mass is 10.2. The van der Waals surface area contributed by atoms with E-state index in [1.54, 1.807) is 0 Å². The van der Waals surface area contributed by atoms with Crippen LogP contribution in [0.1, 0.15) is 27.6 Å². The number of carbonyl (C=O) groups is 1. The summed E-state index contributed by atoms with van der Waals surface area (Å²) in [6, 6.07) is 11.5. The number of carbonyl (C=O) groups excluding carboxylic acids is 1. The number of rotatable bonds is 6. The number of fused-ring (bicyclic) bond motifs is 1. The molecule has 0 aliphatic carbocycles. The first kappa shape index (κ1) is 17.2. The van der Waals surface area contributed by atoms with Crippen LogP contribution < -0.4 is 5.32 Å². The van der Waals surface area contributed by atoms with Gasteiger partial charge in [0.15, 0.2) is 0 Å². The van der Waals surface area contributed by atoms with Crippen molar-refractivity contribution in [1.29, 1.82) is 0 Å². The normalized spacial score (nSPS) is 12.2. The molecule has 0 saturated heterocycles. The average Bonchev–Trinajstić information content (AvgIpc) is 3.00. The van der Waals surface area contributed by atoms with E-state index in [-0.39, 0.29) is 11.7 Å². The zero-order valence-electron chi connectivity index (χ0n) is 14.1. The van der Waals surface area contributed by atoms with Crippen LogP contribution in [0.2, 0.25) is 0 Å². The minimum atomic E-state index is -1.04. The molecule has 0 bridgehead atoms. The van der Waals surface area contributed by atoms with Crippen LogP contribution in [0, 0.1) is 13.8 Å². The summed E-state index contributed by atoms with van der Waals surface area (Å²) in [5.74, 6) is 0.931. The fourth-order valence-electron chi connectivity index (χ4n) is 2.45. The monoisotopic (exact) mass is 357 g/mol. The molecule has 3 aromatic rings. The minimum absolute atomic E-state index is 0.0649. The van der Waals surface area contributed by atoms with Gasteiger partial charge in [-0.2, -0.15) is 4.98 Å². The molecule has 1 aromatic carbocycles. The van der Waals surface area contributed by atoms with Gasteiger partial charge >= 0.3 is 0 Å². The lowest BCUT2D eigenvalue weighted by Gasteiger charge is -2.03. The molecule has 0 saturated carbocycles. The van der Waals surface area contributed by atoms with E-state index in [1.807, 2.05) is 50.2 Å². The van der Waals surface area contributed by atoms with Gasteiger partial charge in [-0.25, -0.2) is 9.50 Å². The summed E-state index contributed by atoms with van der Waals surface area (Å²) in [7, 11) is -1.04. The lowest BCUT2D eigenvalue weighted by Crippen LogP contribution is -2.28. The summed E-state index contributed by atoms with van der Waals surface area (Å²) in [6.07, 6.45) is 0. The van der Waals surface area contributed by atoms with Crippen molar-refractivity contribution in [3.8, 4) is 0 Å². The predicted octanol–water partition coefficient (Wildman–Crippen LogP) is 1.42. The second-order valence-electron chi connectivity index (χ2n) is 5.72. The van der Waals surface area contributed by atoms with Crippen LogP contribution in [0.4, 0.5) is 0 Å². The Bertz CT molecular complexity index is 923. The molecule has 8 heteroatoms. The fourth-order valence-corrected chi connectivity index (χ4v) is 3.49. The van der Waals surface area contributed by atoms with Crippen molar-refractivity contribution in [2.45, 2.75) is 19.6 Å². The summed E-state index contributed by atoms with van der Waals surface area (Å²) in [5.41, 5.74) is 2.70. The lowest BCUT2D eigenvalue weighted by molar-refractivity contribution is 0.0946. The molecule has 0 fully saturated rings. The highest BCUT2D eigenvalue weighted by Gasteiger charge is 2.14. The van der Waals surface area contributed by atoms with Crippen molar-refractivity contribution in [2.75, 3.05) is 12.3 Å². The molecule has 2 heterocycles. The Morgan fingerprint density at radius 3 is 2.72 bits per heavy atom. The van der Waals surface area contributed by atoms with Gasteiger partial charge in [-0.1, -0.05) is 30.3 Å². The Kier molecular flexibility index (Phi) is 5.18. The van der Waals surface area contributed by atoms with Gasteiger partial charge in [-0.3, -0.25) is 9.00 Å². The average molecular weight is 357 g/mol. The standard InChI is InChI=1S/C17H19N5O2S/c1-12-10-13(2)22-17(19-12)20-15(21-22)16(23)18-8-9-25(24)11-14-6-4-3-5-7-14/h3-7,10H,8-9,11H2,1-2H3,(H,18,23). The zero-order valence-corrected chi connectivity index (χ0v) is 14.9. The van der Waals surface area contributed by atoms with Crippen LogP contribution in [0.5, 0.6) is 0 Å². The van der Waals surface area contributed by atoms with E-state index in [4.69, 9.17) is 0 Å². The van der Waals surface area contributed by atoms with Crippen LogP contribution in [-0.4, -0.2) is 42.0 Å². The minimum Gasteiger partial charge on any atom is -0.348 e. The van der Waals surface area contributed by atoms with Gasteiger partial charge < -0.3 is 5.32 Å².